The van der Waals surface area contributed by atoms with Crippen molar-refractivity contribution >= 4 is 55.4 Å². The Morgan fingerprint density at radius 3 is 1.00 bits per heavy atom. The molecule has 0 aliphatic carbocycles. The summed E-state index contributed by atoms with van der Waals surface area (Å²) in [4.78, 5) is 10.0. The molecule has 0 aromatic heterocycles. The molecule has 0 saturated carbocycles. The van der Waals surface area contributed by atoms with Crippen LogP contribution in [0, 0.1) is 83.1 Å². The molecular weight excluding hydrogens is 869 g/mol. The van der Waals surface area contributed by atoms with Gasteiger partial charge in [-0.3, -0.25) is 0 Å². The van der Waals surface area contributed by atoms with Gasteiger partial charge < -0.3 is 0 Å². The molecule has 0 spiro atoms. The number of ether oxygens (including phenoxy) is 1. The number of rotatable bonds is 7. The summed E-state index contributed by atoms with van der Waals surface area (Å²) in [6, 6.07) is 26.7. The zero-order valence-corrected chi connectivity index (χ0v) is 41.5. The Morgan fingerprint density at radius 1 is 0.467 bits per heavy atom. The van der Waals surface area contributed by atoms with Crippen LogP contribution in [0.2, 0.25) is 0 Å². The van der Waals surface area contributed by atoms with E-state index in [1.54, 1.807) is 0 Å². The van der Waals surface area contributed by atoms with Crippen LogP contribution in [-0.4, -0.2) is 45.6 Å². The molecule has 0 bridgehead atoms. The molecular formula is C52H64Cl2N4ORu-6. The minimum absolute atomic E-state index is 0.0486. The third-order valence-corrected chi connectivity index (χ3v) is 21.6. The molecule has 0 radical (unpaired) electrons. The van der Waals surface area contributed by atoms with Gasteiger partial charge in [0, 0.05) is 0 Å². The van der Waals surface area contributed by atoms with Crippen molar-refractivity contribution in [3.63, 3.8) is 0 Å². The standard InChI is InChI=1S/2C21H26N2.C10H12O.2ClH.Ru/c2*1-14-9-16(3)20(17(4)10-14)22-7-8-23(13-22)21-18(5)11-15(2)12-19(21)6;1-8(2)11-10-7-5-4-6-9(10)3;;;/h2*9-12H,7-8H2,1-6H3;3-8H,1-2H3;2*1H;/q;;;;;-4/p-2. The van der Waals surface area contributed by atoms with Gasteiger partial charge in [-0.15, -0.1) is 0 Å². The van der Waals surface area contributed by atoms with Crippen LogP contribution < -0.4 is 24.3 Å². The molecule has 2 aliphatic heterocycles. The predicted molar refractivity (Wildman–Crippen MR) is 261 cm³/mol. The number of halogens is 2. The summed E-state index contributed by atoms with van der Waals surface area (Å²) in [5.74, 6) is 0.768. The van der Waals surface area contributed by atoms with Gasteiger partial charge in [-0.1, -0.05) is 0 Å². The maximum absolute atomic E-state index is 9.26. The zero-order valence-electron chi connectivity index (χ0n) is 38.2. The third kappa shape index (κ3) is 7.82. The van der Waals surface area contributed by atoms with Crippen molar-refractivity contribution in [2.45, 2.75) is 103 Å². The van der Waals surface area contributed by atoms with Crippen LogP contribution in [0.1, 0.15) is 86.2 Å². The topological polar surface area (TPSA) is 22.2 Å². The first kappa shape index (κ1) is 44.0. The van der Waals surface area contributed by atoms with E-state index in [4.69, 9.17) is 4.74 Å². The van der Waals surface area contributed by atoms with Gasteiger partial charge in [0.15, 0.2) is 0 Å². The van der Waals surface area contributed by atoms with E-state index in [2.05, 4.69) is 188 Å². The SMILES string of the molecule is Cc1cc(C)c(N2CCN(c3c(C)cc(C)cc3C)[C]2=[Ru-6]([Cl])([Cl])(=[CH]c2ccccc2OC(C)C)=[C]2N(c3c(C)cc(C)cc3C)CCN2c2c(C)cc(C)cc2C)c(C)c1. The zero-order chi connectivity index (χ0) is 43.6. The number of hydrogen-bond acceptors (Lipinski definition) is 5. The fourth-order valence-corrected chi connectivity index (χ4v) is 21.8. The Bertz CT molecular complexity index is 2440. The Hall–Kier alpha value is -4.09. The molecule has 0 amide bonds. The molecule has 326 valence electrons. The van der Waals surface area contributed by atoms with Crippen molar-refractivity contribution in [2.75, 3.05) is 45.8 Å². The molecule has 2 fully saturated rings. The van der Waals surface area contributed by atoms with E-state index in [1.165, 1.54) is 66.8 Å². The van der Waals surface area contributed by atoms with Crippen LogP contribution in [-0.2, 0) is 10.3 Å². The van der Waals surface area contributed by atoms with E-state index >= 15 is 0 Å². The number of benzene rings is 5. The summed E-state index contributed by atoms with van der Waals surface area (Å²) >= 11 is 0. The molecule has 8 heteroatoms. The molecule has 2 saturated heterocycles. The van der Waals surface area contributed by atoms with Crippen LogP contribution in [0.4, 0.5) is 22.7 Å². The summed E-state index contributed by atoms with van der Waals surface area (Å²) in [6.45, 7) is 33.6. The molecule has 2 aliphatic rings. The van der Waals surface area contributed by atoms with Gasteiger partial charge in [-0.05, 0) is 0 Å². The Morgan fingerprint density at radius 2 is 0.733 bits per heavy atom. The van der Waals surface area contributed by atoms with Gasteiger partial charge in [-0.2, -0.15) is 0 Å². The average Bonchev–Trinajstić information content (AvgIpc) is 3.74. The second-order valence-corrected chi connectivity index (χ2v) is 30.9. The summed E-state index contributed by atoms with van der Waals surface area (Å²) < 4.78 is 10.8. The van der Waals surface area contributed by atoms with E-state index in [1.807, 2.05) is 6.07 Å². The molecule has 0 atom stereocenters. The van der Waals surface area contributed by atoms with Crippen molar-refractivity contribution in [1.29, 1.82) is 0 Å². The first-order valence-electron chi connectivity index (χ1n) is 21.2. The molecule has 60 heavy (non-hydrogen) atoms. The van der Waals surface area contributed by atoms with Crippen molar-refractivity contribution in [3.05, 3.63) is 145 Å². The second kappa shape index (κ2) is 16.3. The van der Waals surface area contributed by atoms with E-state index in [9.17, 15) is 19.4 Å². The second-order valence-electron chi connectivity index (χ2n) is 17.7. The fourth-order valence-electron chi connectivity index (χ4n) is 10.2. The molecule has 5 nitrogen and oxygen atoms in total. The molecule has 7 rings (SSSR count). The van der Waals surface area contributed by atoms with Crippen molar-refractivity contribution in [3.8, 4) is 5.75 Å². The summed E-state index contributed by atoms with van der Waals surface area (Å²) in [5, 5.41) is 0. The minimum atomic E-state index is -5.56. The van der Waals surface area contributed by atoms with Crippen LogP contribution in [0.25, 0.3) is 0 Å². The number of aryl methyl sites for hydroxylation is 12. The average molecular weight is 933 g/mol. The summed E-state index contributed by atoms with van der Waals surface area (Å²) in [5.41, 5.74) is 20.1. The Balaban J connectivity index is 1.85. The van der Waals surface area contributed by atoms with E-state index < -0.39 is 10.3 Å². The van der Waals surface area contributed by atoms with Gasteiger partial charge in [0.2, 0.25) is 0 Å². The van der Waals surface area contributed by atoms with Crippen LogP contribution >= 0.6 is 19.4 Å². The van der Waals surface area contributed by atoms with Crippen LogP contribution in [0.5, 0.6) is 5.75 Å². The molecule has 0 unspecified atom stereocenters. The normalized spacial score (nSPS) is 15.4. The molecule has 2 heterocycles. The van der Waals surface area contributed by atoms with Gasteiger partial charge in [0.1, 0.15) is 0 Å². The van der Waals surface area contributed by atoms with Crippen LogP contribution in [0.15, 0.2) is 72.8 Å². The van der Waals surface area contributed by atoms with E-state index in [0.29, 0.717) is 0 Å². The van der Waals surface area contributed by atoms with Gasteiger partial charge in [0.25, 0.3) is 0 Å². The van der Waals surface area contributed by atoms with Gasteiger partial charge in [0.05, 0.1) is 0 Å². The first-order chi connectivity index (χ1) is 28.2. The molecule has 5 aromatic rings. The number of nitrogens with zero attached hydrogens (tertiary/aromatic N) is 4. The summed E-state index contributed by atoms with van der Waals surface area (Å²) in [7, 11) is 13.0. The predicted octanol–water partition coefficient (Wildman–Crippen LogP) is 12.6. The third-order valence-electron chi connectivity index (χ3n) is 11.7. The fraction of sp³-hybridized carbons (Fsp3) is 0.365. The first-order valence-corrected chi connectivity index (χ1v) is 28.4. The number of anilines is 4. The molecule has 0 N–H and O–H groups in total. The number of hydrogen-bond donors (Lipinski definition) is 0. The monoisotopic (exact) mass is 932 g/mol. The number of para-hydroxylation sites is 1. The van der Waals surface area contributed by atoms with Gasteiger partial charge >= 0.3 is 370 Å². The van der Waals surface area contributed by atoms with Crippen molar-refractivity contribution in [2.24, 2.45) is 0 Å². The summed E-state index contributed by atoms with van der Waals surface area (Å²) in [6.07, 6.45) is -0.0486. The quantitative estimate of drug-likeness (QED) is 0.151. The Kier molecular flexibility index (Phi) is 12.0. The van der Waals surface area contributed by atoms with Crippen molar-refractivity contribution in [1.82, 2.24) is 0 Å². The maximum atomic E-state index is 9.26. The Labute approximate surface area is 367 Å². The van der Waals surface area contributed by atoms with Crippen molar-refractivity contribution < 1.29 is 15.0 Å². The van der Waals surface area contributed by atoms with E-state index in [-0.39, 0.29) is 6.10 Å². The van der Waals surface area contributed by atoms with Gasteiger partial charge in [-0.25, -0.2) is 0 Å². The molecule has 5 aromatic carbocycles. The van der Waals surface area contributed by atoms with E-state index in [0.717, 1.165) is 69.0 Å². The van der Waals surface area contributed by atoms with Crippen LogP contribution in [0.3, 0.4) is 0 Å².